The third-order valence-corrected chi connectivity index (χ3v) is 4.22. The quantitative estimate of drug-likeness (QED) is 0.564. The predicted molar refractivity (Wildman–Crippen MR) is 75.1 cm³/mol. The van der Waals surface area contributed by atoms with Gasteiger partial charge in [0, 0.05) is 18.1 Å². The first-order valence-corrected chi connectivity index (χ1v) is 7.50. The van der Waals surface area contributed by atoms with Crippen molar-refractivity contribution in [1.82, 2.24) is 5.32 Å². The number of thioether (sulfide) groups is 1. The Labute approximate surface area is 109 Å². The van der Waals surface area contributed by atoms with Crippen LogP contribution in [0.2, 0.25) is 0 Å². The van der Waals surface area contributed by atoms with Crippen molar-refractivity contribution in [2.24, 2.45) is 11.7 Å². The van der Waals surface area contributed by atoms with Gasteiger partial charge in [0.2, 0.25) is 5.91 Å². The van der Waals surface area contributed by atoms with E-state index in [4.69, 9.17) is 5.73 Å². The molecule has 1 amide bonds. The summed E-state index contributed by atoms with van der Waals surface area (Å²) in [5, 5.41) is 2.95. The van der Waals surface area contributed by atoms with Crippen LogP contribution in [0.25, 0.3) is 0 Å². The minimum Gasteiger partial charge on any atom is -0.354 e. The van der Waals surface area contributed by atoms with Crippen molar-refractivity contribution < 1.29 is 4.79 Å². The van der Waals surface area contributed by atoms with Gasteiger partial charge in [-0.25, -0.2) is 0 Å². The van der Waals surface area contributed by atoms with E-state index in [9.17, 15) is 4.79 Å². The molecule has 1 rings (SSSR count). The highest BCUT2D eigenvalue weighted by molar-refractivity contribution is 7.99. The van der Waals surface area contributed by atoms with Gasteiger partial charge in [-0.05, 0) is 18.8 Å². The van der Waals surface area contributed by atoms with Gasteiger partial charge in [0.1, 0.15) is 0 Å². The first-order valence-electron chi connectivity index (χ1n) is 6.34. The average Bonchev–Trinajstić information content (AvgIpc) is 2.28. The Kier molecular flexibility index (Phi) is 6.06. The maximum absolute atomic E-state index is 12.0. The lowest BCUT2D eigenvalue weighted by Crippen LogP contribution is -2.56. The molecular weight excluding hydrogens is 232 g/mol. The van der Waals surface area contributed by atoms with Crippen molar-refractivity contribution in [2.75, 3.05) is 18.1 Å². The van der Waals surface area contributed by atoms with Crippen molar-refractivity contribution >= 4 is 17.7 Å². The zero-order chi connectivity index (χ0) is 12.7. The SMILES string of the molecule is C=CCSCCNC(=O)C1(N)CCCC(C)C1. The molecule has 2 atom stereocenters. The molecule has 1 aliphatic rings. The molecule has 3 nitrogen and oxygen atoms in total. The number of carbonyl (C=O) groups excluding carboxylic acids is 1. The van der Waals surface area contributed by atoms with Crippen LogP contribution in [0, 0.1) is 5.92 Å². The summed E-state index contributed by atoms with van der Waals surface area (Å²) in [6.45, 7) is 6.53. The Bertz CT molecular complexity index is 270. The molecular formula is C13H24N2OS. The predicted octanol–water partition coefficient (Wildman–Crippen LogP) is 1.93. The smallest absolute Gasteiger partial charge is 0.240 e. The first kappa shape index (κ1) is 14.6. The molecule has 0 aromatic heterocycles. The zero-order valence-corrected chi connectivity index (χ0v) is 11.5. The average molecular weight is 256 g/mol. The summed E-state index contributed by atoms with van der Waals surface area (Å²) in [4.78, 5) is 12.0. The van der Waals surface area contributed by atoms with E-state index in [-0.39, 0.29) is 5.91 Å². The number of amides is 1. The van der Waals surface area contributed by atoms with Crippen LogP contribution in [-0.2, 0) is 4.79 Å². The highest BCUT2D eigenvalue weighted by Gasteiger charge is 2.37. The molecule has 98 valence electrons. The van der Waals surface area contributed by atoms with Crippen LogP contribution in [0.3, 0.4) is 0 Å². The number of nitrogens with two attached hydrogens (primary N) is 1. The standard InChI is InChI=1S/C13H24N2OS/c1-3-8-17-9-7-15-12(16)13(14)6-4-5-11(2)10-13/h3,11H,1,4-10,14H2,2H3,(H,15,16). The largest absolute Gasteiger partial charge is 0.354 e. The Hall–Kier alpha value is -0.480. The maximum Gasteiger partial charge on any atom is 0.240 e. The monoisotopic (exact) mass is 256 g/mol. The van der Waals surface area contributed by atoms with Gasteiger partial charge < -0.3 is 11.1 Å². The van der Waals surface area contributed by atoms with Gasteiger partial charge in [-0.1, -0.05) is 25.8 Å². The summed E-state index contributed by atoms with van der Waals surface area (Å²) in [6, 6.07) is 0. The second-order valence-electron chi connectivity index (χ2n) is 4.98. The fourth-order valence-corrected chi connectivity index (χ4v) is 2.96. The summed E-state index contributed by atoms with van der Waals surface area (Å²) in [7, 11) is 0. The van der Waals surface area contributed by atoms with Gasteiger partial charge in [0.25, 0.3) is 0 Å². The zero-order valence-electron chi connectivity index (χ0n) is 10.7. The molecule has 0 aromatic rings. The van der Waals surface area contributed by atoms with Crippen LogP contribution in [0.15, 0.2) is 12.7 Å². The van der Waals surface area contributed by atoms with E-state index in [2.05, 4.69) is 18.8 Å². The summed E-state index contributed by atoms with van der Waals surface area (Å²) >= 11 is 1.77. The number of hydrogen-bond acceptors (Lipinski definition) is 3. The van der Waals surface area contributed by atoms with Crippen LogP contribution in [0.4, 0.5) is 0 Å². The van der Waals surface area contributed by atoms with E-state index < -0.39 is 5.54 Å². The maximum atomic E-state index is 12.0. The normalized spacial score (nSPS) is 28.7. The van der Waals surface area contributed by atoms with Crippen LogP contribution in [0.1, 0.15) is 32.6 Å². The molecule has 4 heteroatoms. The summed E-state index contributed by atoms with van der Waals surface area (Å²) in [5.74, 6) is 2.45. The van der Waals surface area contributed by atoms with Crippen LogP contribution in [-0.4, -0.2) is 29.5 Å². The van der Waals surface area contributed by atoms with Gasteiger partial charge >= 0.3 is 0 Å². The Morgan fingerprint density at radius 1 is 1.71 bits per heavy atom. The van der Waals surface area contributed by atoms with Crippen molar-refractivity contribution in [3.8, 4) is 0 Å². The molecule has 3 N–H and O–H groups in total. The van der Waals surface area contributed by atoms with E-state index in [0.717, 1.165) is 30.8 Å². The Morgan fingerprint density at radius 2 is 2.47 bits per heavy atom. The second-order valence-corrected chi connectivity index (χ2v) is 6.13. The number of carbonyl (C=O) groups is 1. The van der Waals surface area contributed by atoms with Gasteiger partial charge in [-0.15, -0.1) is 6.58 Å². The van der Waals surface area contributed by atoms with E-state index in [1.54, 1.807) is 11.8 Å². The molecule has 0 aliphatic heterocycles. The van der Waals surface area contributed by atoms with Crippen LogP contribution < -0.4 is 11.1 Å². The lowest BCUT2D eigenvalue weighted by Gasteiger charge is -2.35. The van der Waals surface area contributed by atoms with Gasteiger partial charge in [0.15, 0.2) is 0 Å². The van der Waals surface area contributed by atoms with Gasteiger partial charge in [-0.3, -0.25) is 4.79 Å². The molecule has 1 saturated carbocycles. The second kappa shape index (κ2) is 7.07. The molecule has 1 aliphatic carbocycles. The molecule has 0 saturated heterocycles. The van der Waals surface area contributed by atoms with Crippen molar-refractivity contribution in [3.63, 3.8) is 0 Å². The molecule has 0 aromatic carbocycles. The molecule has 0 radical (unpaired) electrons. The van der Waals surface area contributed by atoms with E-state index in [0.29, 0.717) is 12.5 Å². The van der Waals surface area contributed by atoms with Crippen molar-refractivity contribution in [2.45, 2.75) is 38.1 Å². The lowest BCUT2D eigenvalue weighted by molar-refractivity contribution is -0.127. The van der Waals surface area contributed by atoms with Crippen LogP contribution in [0.5, 0.6) is 0 Å². The molecule has 0 spiro atoms. The van der Waals surface area contributed by atoms with E-state index >= 15 is 0 Å². The minimum absolute atomic E-state index is 0.0308. The Morgan fingerprint density at radius 3 is 3.12 bits per heavy atom. The highest BCUT2D eigenvalue weighted by Crippen LogP contribution is 2.30. The summed E-state index contributed by atoms with van der Waals surface area (Å²) in [6.07, 6.45) is 5.78. The molecule has 0 bridgehead atoms. The Balaban J connectivity index is 2.28. The molecule has 1 fully saturated rings. The van der Waals surface area contributed by atoms with Gasteiger partial charge in [-0.2, -0.15) is 11.8 Å². The highest BCUT2D eigenvalue weighted by atomic mass is 32.2. The topological polar surface area (TPSA) is 55.1 Å². The van der Waals surface area contributed by atoms with Gasteiger partial charge in [0.05, 0.1) is 5.54 Å². The molecule has 17 heavy (non-hydrogen) atoms. The van der Waals surface area contributed by atoms with E-state index in [1.807, 2.05) is 6.08 Å². The lowest BCUT2D eigenvalue weighted by atomic mass is 9.76. The number of rotatable bonds is 6. The van der Waals surface area contributed by atoms with E-state index in [1.165, 1.54) is 6.42 Å². The summed E-state index contributed by atoms with van der Waals surface area (Å²) < 4.78 is 0. The number of hydrogen-bond donors (Lipinski definition) is 2. The third-order valence-electron chi connectivity index (χ3n) is 3.25. The number of nitrogens with one attached hydrogen (secondary N) is 1. The fourth-order valence-electron chi connectivity index (χ4n) is 2.38. The van der Waals surface area contributed by atoms with Crippen molar-refractivity contribution in [1.29, 1.82) is 0 Å². The van der Waals surface area contributed by atoms with Crippen molar-refractivity contribution in [3.05, 3.63) is 12.7 Å². The first-order chi connectivity index (χ1) is 8.08. The minimum atomic E-state index is -0.624. The molecule has 2 unspecified atom stereocenters. The van der Waals surface area contributed by atoms with Crippen LogP contribution >= 0.6 is 11.8 Å². The fraction of sp³-hybridized carbons (Fsp3) is 0.769. The molecule has 0 heterocycles. The third kappa shape index (κ3) is 4.72. The summed E-state index contributed by atoms with van der Waals surface area (Å²) in [5.41, 5.74) is 5.57.